The summed E-state index contributed by atoms with van der Waals surface area (Å²) in [6, 6.07) is 5.92. The second kappa shape index (κ2) is 10.6. The number of nitrogens with two attached hydrogens (primary N) is 1. The lowest BCUT2D eigenvalue weighted by Gasteiger charge is -2.12. The molecule has 2 aromatic carbocycles. The molecule has 0 aliphatic rings. The van der Waals surface area contributed by atoms with Crippen LogP contribution in [-0.4, -0.2) is 47.6 Å². The Labute approximate surface area is 162 Å². The highest BCUT2D eigenvalue weighted by Gasteiger charge is 2.18. The summed E-state index contributed by atoms with van der Waals surface area (Å²) in [5.41, 5.74) is 6.09. The van der Waals surface area contributed by atoms with Gasteiger partial charge in [-0.15, -0.1) is 0 Å². The molecule has 2 aromatic rings. The van der Waals surface area contributed by atoms with Crippen LogP contribution in [0.3, 0.4) is 0 Å². The van der Waals surface area contributed by atoms with Crippen LogP contribution in [0.4, 0.5) is 11.4 Å². The van der Waals surface area contributed by atoms with Crippen LogP contribution in [0, 0.1) is 10.1 Å². The molecule has 0 aliphatic carbocycles. The number of nitro groups is 1. The van der Waals surface area contributed by atoms with Crippen LogP contribution < -0.4 is 34.2 Å². The third-order valence-corrected chi connectivity index (χ3v) is 3.55. The standard InChI is InChI=1S/C9H11NO5.C9H13NO3/c1-13-7-4-6(10(11)12)5-8(14-2)9(7)15-3;1-11-7-4-6(10)5-8(12-2)9(7)13-3/h4-5H,1-3H3;4-5H,10H2,1-3H3. The SMILES string of the molecule is COc1cc(N)cc(OC)c1OC.COc1cc([N+](=O)[O-])cc(OC)c1OC. The zero-order valence-electron chi connectivity index (χ0n) is 16.6. The van der Waals surface area contributed by atoms with E-state index < -0.39 is 4.92 Å². The van der Waals surface area contributed by atoms with Crippen molar-refractivity contribution in [2.45, 2.75) is 0 Å². The van der Waals surface area contributed by atoms with Crippen LogP contribution in [-0.2, 0) is 0 Å². The van der Waals surface area contributed by atoms with Crippen molar-refractivity contribution in [2.75, 3.05) is 48.4 Å². The Balaban J connectivity index is 0.000000283. The molecule has 2 N–H and O–H groups in total. The third-order valence-electron chi connectivity index (χ3n) is 3.55. The van der Waals surface area contributed by atoms with E-state index in [1.54, 1.807) is 33.5 Å². The van der Waals surface area contributed by atoms with Crippen molar-refractivity contribution in [1.82, 2.24) is 0 Å². The second-order valence-corrected chi connectivity index (χ2v) is 5.10. The quantitative estimate of drug-likeness (QED) is 0.427. The highest BCUT2D eigenvalue weighted by atomic mass is 16.6. The molecular weight excluding hydrogens is 372 g/mol. The van der Waals surface area contributed by atoms with Crippen molar-refractivity contribution >= 4 is 11.4 Å². The number of nitrogen functional groups attached to an aromatic ring is 1. The van der Waals surface area contributed by atoms with E-state index in [1.807, 2.05) is 0 Å². The fourth-order valence-electron chi connectivity index (χ4n) is 2.27. The van der Waals surface area contributed by atoms with Gasteiger partial charge in [0, 0.05) is 17.8 Å². The highest BCUT2D eigenvalue weighted by molar-refractivity contribution is 5.60. The summed E-state index contributed by atoms with van der Waals surface area (Å²) in [6.07, 6.45) is 0. The van der Waals surface area contributed by atoms with Crippen molar-refractivity contribution in [2.24, 2.45) is 0 Å². The van der Waals surface area contributed by atoms with Gasteiger partial charge in [0.1, 0.15) is 0 Å². The van der Waals surface area contributed by atoms with Crippen LogP contribution in [0.15, 0.2) is 24.3 Å². The minimum Gasteiger partial charge on any atom is -0.493 e. The third kappa shape index (κ3) is 5.22. The zero-order valence-corrected chi connectivity index (χ0v) is 16.6. The van der Waals surface area contributed by atoms with Crippen LogP contribution >= 0.6 is 0 Å². The molecule has 10 heteroatoms. The second-order valence-electron chi connectivity index (χ2n) is 5.10. The highest BCUT2D eigenvalue weighted by Crippen LogP contribution is 2.40. The smallest absolute Gasteiger partial charge is 0.277 e. The summed E-state index contributed by atoms with van der Waals surface area (Å²) in [5.74, 6) is 2.57. The number of hydrogen-bond donors (Lipinski definition) is 1. The van der Waals surface area contributed by atoms with E-state index >= 15 is 0 Å². The zero-order chi connectivity index (χ0) is 21.3. The summed E-state index contributed by atoms with van der Waals surface area (Å²) in [7, 11) is 8.90. The van der Waals surface area contributed by atoms with Crippen molar-refractivity contribution in [1.29, 1.82) is 0 Å². The van der Waals surface area contributed by atoms with Gasteiger partial charge >= 0.3 is 0 Å². The fraction of sp³-hybridized carbons (Fsp3) is 0.333. The molecule has 0 fully saturated rings. The summed E-state index contributed by atoms with van der Waals surface area (Å²) >= 11 is 0. The Hall–Kier alpha value is -3.56. The monoisotopic (exact) mass is 396 g/mol. The maximum Gasteiger partial charge on any atom is 0.277 e. The number of hydrogen-bond acceptors (Lipinski definition) is 9. The van der Waals surface area contributed by atoms with E-state index in [4.69, 9.17) is 34.2 Å². The molecule has 0 saturated heterocycles. The molecule has 0 aromatic heterocycles. The molecule has 10 nitrogen and oxygen atoms in total. The van der Waals surface area contributed by atoms with Crippen LogP contribution in [0.1, 0.15) is 0 Å². The van der Waals surface area contributed by atoms with Gasteiger partial charge in [0.15, 0.2) is 23.0 Å². The number of methoxy groups -OCH3 is 6. The Bertz CT molecular complexity index is 760. The number of ether oxygens (including phenoxy) is 6. The van der Waals surface area contributed by atoms with Crippen LogP contribution in [0.5, 0.6) is 34.5 Å². The van der Waals surface area contributed by atoms with Crippen LogP contribution in [0.25, 0.3) is 0 Å². The summed E-state index contributed by atoms with van der Waals surface area (Å²) in [5, 5.41) is 10.6. The molecule has 0 bridgehead atoms. The lowest BCUT2D eigenvalue weighted by molar-refractivity contribution is -0.385. The minimum atomic E-state index is -0.523. The molecule has 0 spiro atoms. The molecule has 0 heterocycles. The van der Waals surface area contributed by atoms with Gasteiger partial charge in [0.2, 0.25) is 11.5 Å². The number of nitrogens with zero attached hydrogens (tertiary/aromatic N) is 1. The number of benzene rings is 2. The van der Waals surface area contributed by atoms with E-state index in [9.17, 15) is 10.1 Å². The molecule has 0 radical (unpaired) electrons. The Morgan fingerprint density at radius 2 is 1.00 bits per heavy atom. The molecule has 0 aliphatic heterocycles. The molecule has 0 amide bonds. The first-order chi connectivity index (χ1) is 13.4. The molecule has 0 atom stereocenters. The maximum absolute atomic E-state index is 10.6. The van der Waals surface area contributed by atoms with E-state index in [0.29, 0.717) is 28.7 Å². The minimum absolute atomic E-state index is 0.107. The Kier molecular flexibility index (Phi) is 8.47. The summed E-state index contributed by atoms with van der Waals surface area (Å²) < 4.78 is 30.2. The topological polar surface area (TPSA) is 125 Å². The fourth-order valence-corrected chi connectivity index (χ4v) is 2.27. The average molecular weight is 396 g/mol. The number of rotatable bonds is 7. The first-order valence-electron chi connectivity index (χ1n) is 7.86. The summed E-state index contributed by atoms with van der Waals surface area (Å²) in [6.45, 7) is 0. The predicted octanol–water partition coefficient (Wildman–Crippen LogP) is 2.92. The van der Waals surface area contributed by atoms with E-state index in [-0.39, 0.29) is 17.2 Å². The Morgan fingerprint density at radius 1 is 0.679 bits per heavy atom. The normalized spacial score (nSPS) is 9.50. The number of nitro benzene ring substituents is 1. The van der Waals surface area contributed by atoms with Gasteiger partial charge in [-0.25, -0.2) is 0 Å². The van der Waals surface area contributed by atoms with Gasteiger partial charge < -0.3 is 34.2 Å². The van der Waals surface area contributed by atoms with E-state index in [2.05, 4.69) is 0 Å². The maximum atomic E-state index is 10.6. The van der Waals surface area contributed by atoms with Crippen molar-refractivity contribution in [3.05, 3.63) is 34.4 Å². The van der Waals surface area contributed by atoms with E-state index in [1.165, 1.54) is 33.5 Å². The van der Waals surface area contributed by atoms with Gasteiger partial charge in [0.05, 0.1) is 59.7 Å². The van der Waals surface area contributed by atoms with Gasteiger partial charge in [0.25, 0.3) is 5.69 Å². The molecule has 2 rings (SSSR count). The van der Waals surface area contributed by atoms with Crippen molar-refractivity contribution < 1.29 is 33.3 Å². The average Bonchev–Trinajstić information content (AvgIpc) is 2.71. The van der Waals surface area contributed by atoms with Gasteiger partial charge in [-0.3, -0.25) is 10.1 Å². The number of anilines is 1. The molecule has 154 valence electrons. The molecule has 0 saturated carbocycles. The summed E-state index contributed by atoms with van der Waals surface area (Å²) in [4.78, 5) is 10.1. The van der Waals surface area contributed by atoms with Gasteiger partial charge in [-0.05, 0) is 0 Å². The lowest BCUT2D eigenvalue weighted by Crippen LogP contribution is -1.97. The van der Waals surface area contributed by atoms with Gasteiger partial charge in [-0.1, -0.05) is 0 Å². The largest absolute Gasteiger partial charge is 0.493 e. The molecule has 28 heavy (non-hydrogen) atoms. The van der Waals surface area contributed by atoms with Gasteiger partial charge in [-0.2, -0.15) is 0 Å². The van der Waals surface area contributed by atoms with Crippen molar-refractivity contribution in [3.8, 4) is 34.5 Å². The molecular formula is C18H24N2O8. The Morgan fingerprint density at radius 3 is 1.25 bits per heavy atom. The van der Waals surface area contributed by atoms with Crippen LogP contribution in [0.2, 0.25) is 0 Å². The lowest BCUT2D eigenvalue weighted by atomic mass is 10.2. The first kappa shape index (κ1) is 22.5. The number of non-ortho nitro benzene ring substituents is 1. The first-order valence-corrected chi connectivity index (χ1v) is 7.86. The van der Waals surface area contributed by atoms with Crippen molar-refractivity contribution in [3.63, 3.8) is 0 Å². The predicted molar refractivity (Wildman–Crippen MR) is 103 cm³/mol. The van der Waals surface area contributed by atoms with E-state index in [0.717, 1.165) is 0 Å². The molecule has 0 unspecified atom stereocenters.